The summed E-state index contributed by atoms with van der Waals surface area (Å²) in [4.78, 5) is 26.9. The van der Waals surface area contributed by atoms with Gasteiger partial charge in [0.15, 0.2) is 0 Å². The maximum atomic E-state index is 15.4. The van der Waals surface area contributed by atoms with Crippen LogP contribution in [0.3, 0.4) is 0 Å². The van der Waals surface area contributed by atoms with Crippen LogP contribution in [0.2, 0.25) is 0 Å². The van der Waals surface area contributed by atoms with Crippen LogP contribution in [0, 0.1) is 0 Å². The van der Waals surface area contributed by atoms with E-state index in [1.165, 1.54) is 48.5 Å². The number of carbonyl (C=O) groups is 2. The highest BCUT2D eigenvalue weighted by atomic mass is 19.3. The molecule has 4 aromatic rings. The van der Waals surface area contributed by atoms with Gasteiger partial charge in [-0.25, -0.2) is 0 Å². The van der Waals surface area contributed by atoms with E-state index in [2.05, 4.69) is 0 Å². The van der Waals surface area contributed by atoms with Crippen molar-refractivity contribution in [2.75, 3.05) is 0 Å². The molecule has 10 heteroatoms. The average molecular weight is 599 g/mol. The lowest BCUT2D eigenvalue weighted by Crippen LogP contribution is -2.65. The molecule has 0 N–H and O–H groups in total. The van der Waals surface area contributed by atoms with E-state index in [9.17, 15) is 9.59 Å². The van der Waals surface area contributed by atoms with Crippen molar-refractivity contribution < 1.29 is 35.9 Å². The van der Waals surface area contributed by atoms with Gasteiger partial charge in [-0.3, -0.25) is 9.59 Å². The summed E-state index contributed by atoms with van der Waals surface area (Å²) < 4.78 is 92.4. The summed E-state index contributed by atoms with van der Waals surface area (Å²) in [7, 11) is 0. The third kappa shape index (κ3) is 7.07. The smallest absolute Gasteiger partial charge is 0.329 e. The van der Waals surface area contributed by atoms with Crippen molar-refractivity contribution in [1.29, 1.82) is 0 Å². The molecule has 4 rings (SSSR count). The highest BCUT2D eigenvalue weighted by Gasteiger charge is 2.78. The first-order valence-electron chi connectivity index (χ1n) is 13.3. The molecular formula is C33H28F6N2O2. The van der Waals surface area contributed by atoms with Gasteiger partial charge in [0.05, 0.1) is 0 Å². The van der Waals surface area contributed by atoms with Crippen LogP contribution in [0.15, 0.2) is 121 Å². The minimum Gasteiger partial charge on any atom is -0.329 e. The van der Waals surface area contributed by atoms with Gasteiger partial charge in [0, 0.05) is 26.2 Å². The number of alkyl halides is 6. The lowest BCUT2D eigenvalue weighted by molar-refractivity contribution is -0.294. The third-order valence-corrected chi connectivity index (χ3v) is 6.77. The Bertz CT molecular complexity index is 1290. The van der Waals surface area contributed by atoms with Crippen molar-refractivity contribution in [3.05, 3.63) is 144 Å². The molecule has 43 heavy (non-hydrogen) atoms. The number of hydrogen-bond acceptors (Lipinski definition) is 2. The highest BCUT2D eigenvalue weighted by molar-refractivity contribution is 5.90. The van der Waals surface area contributed by atoms with E-state index in [1.807, 2.05) is 0 Å². The van der Waals surface area contributed by atoms with Crippen molar-refractivity contribution in [2.45, 2.75) is 43.9 Å². The molecule has 0 radical (unpaired) electrons. The number of hydrogen-bond donors (Lipinski definition) is 0. The van der Waals surface area contributed by atoms with Gasteiger partial charge < -0.3 is 9.80 Å². The number of rotatable bonds is 12. The fourth-order valence-electron chi connectivity index (χ4n) is 4.48. The molecule has 224 valence electrons. The van der Waals surface area contributed by atoms with Gasteiger partial charge in [0.1, 0.15) is 0 Å². The Morgan fingerprint density at radius 1 is 0.419 bits per heavy atom. The molecule has 0 aliphatic heterocycles. The molecule has 0 aliphatic carbocycles. The molecule has 0 atom stereocenters. The van der Waals surface area contributed by atoms with Gasteiger partial charge in [-0.15, -0.1) is 0 Å². The Labute approximate surface area is 245 Å². The van der Waals surface area contributed by atoms with Gasteiger partial charge in [0.2, 0.25) is 0 Å². The maximum absolute atomic E-state index is 15.4. The second kappa shape index (κ2) is 13.1. The van der Waals surface area contributed by atoms with Crippen LogP contribution in [0.5, 0.6) is 0 Å². The van der Waals surface area contributed by atoms with E-state index in [1.54, 1.807) is 72.8 Å². The molecule has 0 heterocycles. The molecule has 4 nitrogen and oxygen atoms in total. The lowest BCUT2D eigenvalue weighted by Gasteiger charge is -2.36. The molecular weight excluding hydrogens is 570 g/mol. The number of halogens is 6. The van der Waals surface area contributed by atoms with E-state index in [0.29, 0.717) is 32.1 Å². The molecule has 2 amide bonds. The van der Waals surface area contributed by atoms with Crippen LogP contribution in [0.1, 0.15) is 22.3 Å². The summed E-state index contributed by atoms with van der Waals surface area (Å²) in [6.45, 7) is -2.25. The van der Waals surface area contributed by atoms with E-state index < -0.39 is 55.8 Å². The second-order valence-electron chi connectivity index (χ2n) is 9.99. The average Bonchev–Trinajstić information content (AvgIpc) is 3.01. The number of nitrogens with zero attached hydrogens (tertiary/aromatic N) is 2. The fraction of sp³-hybridized carbons (Fsp3) is 0.212. The summed E-state index contributed by atoms with van der Waals surface area (Å²) in [6.07, 6.45) is 0. The van der Waals surface area contributed by atoms with Gasteiger partial charge in [-0.2, -0.15) is 26.3 Å². The first kappa shape index (κ1) is 31.3. The van der Waals surface area contributed by atoms with Crippen LogP contribution < -0.4 is 0 Å². The fourth-order valence-corrected chi connectivity index (χ4v) is 4.48. The van der Waals surface area contributed by atoms with E-state index in [-0.39, 0.29) is 0 Å². The zero-order chi connectivity index (χ0) is 31.1. The first-order valence-corrected chi connectivity index (χ1v) is 13.3. The molecule has 0 aliphatic rings. The Morgan fingerprint density at radius 2 is 0.628 bits per heavy atom. The van der Waals surface area contributed by atoms with E-state index in [0.717, 1.165) is 0 Å². The molecule has 4 aromatic carbocycles. The standard InChI is InChI=1S/C33H28F6N2O2/c34-31(35,29(42)40(21-25-13-5-1-6-14-25)22-26-15-7-2-8-16-26)33(38,39)32(36,37)30(43)41(23-27-17-9-3-10-18-27)24-28-19-11-4-12-20-28/h1-20H,21-24H2. The predicted octanol–water partition coefficient (Wildman–Crippen LogP) is 7.35. The summed E-state index contributed by atoms with van der Waals surface area (Å²) in [6, 6.07) is 30.7. The SMILES string of the molecule is O=C(N(Cc1ccccc1)Cc1ccccc1)C(F)(F)C(F)(F)C(F)(F)C(=O)N(Cc1ccccc1)Cc1ccccc1. The zero-order valence-corrected chi connectivity index (χ0v) is 22.9. The van der Waals surface area contributed by atoms with Crippen LogP contribution in [-0.2, 0) is 35.8 Å². The van der Waals surface area contributed by atoms with Crippen molar-refractivity contribution in [3.63, 3.8) is 0 Å². The molecule has 0 fully saturated rings. The second-order valence-corrected chi connectivity index (χ2v) is 9.99. The van der Waals surface area contributed by atoms with Gasteiger partial charge in [-0.05, 0) is 22.3 Å². The Morgan fingerprint density at radius 3 is 0.837 bits per heavy atom. The highest BCUT2D eigenvalue weighted by Crippen LogP contribution is 2.48. The summed E-state index contributed by atoms with van der Waals surface area (Å²) in [5, 5.41) is 0. The maximum Gasteiger partial charge on any atom is 0.393 e. The Kier molecular flexibility index (Phi) is 9.58. The zero-order valence-electron chi connectivity index (χ0n) is 22.9. The predicted molar refractivity (Wildman–Crippen MR) is 149 cm³/mol. The molecule has 0 aromatic heterocycles. The third-order valence-electron chi connectivity index (χ3n) is 6.77. The quantitative estimate of drug-likeness (QED) is 0.160. The van der Waals surface area contributed by atoms with Gasteiger partial charge >= 0.3 is 29.6 Å². The van der Waals surface area contributed by atoms with Crippen molar-refractivity contribution in [2.24, 2.45) is 0 Å². The van der Waals surface area contributed by atoms with Crippen molar-refractivity contribution in [3.8, 4) is 0 Å². The van der Waals surface area contributed by atoms with Crippen molar-refractivity contribution in [1.82, 2.24) is 9.80 Å². The molecule has 0 bridgehead atoms. The Balaban J connectivity index is 1.66. The summed E-state index contributed by atoms with van der Waals surface area (Å²) in [5.74, 6) is -23.3. The van der Waals surface area contributed by atoms with Crippen molar-refractivity contribution >= 4 is 11.8 Å². The molecule has 0 unspecified atom stereocenters. The number of benzene rings is 4. The van der Waals surface area contributed by atoms with Crippen LogP contribution in [0.25, 0.3) is 0 Å². The normalized spacial score (nSPS) is 12.0. The van der Waals surface area contributed by atoms with Crippen LogP contribution >= 0.6 is 0 Å². The number of amides is 2. The summed E-state index contributed by atoms with van der Waals surface area (Å²) in [5.41, 5.74) is 1.24. The minimum absolute atomic E-state index is 0.311. The van der Waals surface area contributed by atoms with E-state index >= 15 is 26.3 Å². The summed E-state index contributed by atoms with van der Waals surface area (Å²) >= 11 is 0. The van der Waals surface area contributed by atoms with Gasteiger partial charge in [-0.1, -0.05) is 121 Å². The molecule has 0 saturated heterocycles. The first-order chi connectivity index (χ1) is 20.4. The van der Waals surface area contributed by atoms with Crippen LogP contribution in [-0.4, -0.2) is 39.4 Å². The van der Waals surface area contributed by atoms with Gasteiger partial charge in [0.25, 0.3) is 0 Å². The minimum atomic E-state index is -6.37. The monoisotopic (exact) mass is 598 g/mol. The Hall–Kier alpha value is -4.60. The largest absolute Gasteiger partial charge is 0.393 e. The molecule has 0 saturated carbocycles. The number of carbonyl (C=O) groups excluding carboxylic acids is 2. The lowest BCUT2D eigenvalue weighted by atomic mass is 10.00. The van der Waals surface area contributed by atoms with E-state index in [4.69, 9.17) is 0 Å². The molecule has 0 spiro atoms. The topological polar surface area (TPSA) is 40.6 Å². The van der Waals surface area contributed by atoms with Crippen LogP contribution in [0.4, 0.5) is 26.3 Å².